The predicted octanol–water partition coefficient (Wildman–Crippen LogP) is -0.462. The second kappa shape index (κ2) is 5.28. The van der Waals surface area contributed by atoms with E-state index >= 15 is 0 Å². The van der Waals surface area contributed by atoms with Gasteiger partial charge in [-0.05, 0) is 20.5 Å². The molecule has 1 aromatic heterocycles. The zero-order valence-electron chi connectivity index (χ0n) is 10.6. The first-order valence-corrected chi connectivity index (χ1v) is 5.86. The number of nitrogens with two attached hydrogens (primary N) is 1. The Balaban J connectivity index is 2.08. The maximum Gasteiger partial charge on any atom is 0.274 e. The van der Waals surface area contributed by atoms with E-state index < -0.39 is 0 Å². The van der Waals surface area contributed by atoms with Gasteiger partial charge in [-0.1, -0.05) is 0 Å². The quantitative estimate of drug-likeness (QED) is 0.557. The number of amides is 1. The second-order valence-electron chi connectivity index (χ2n) is 4.59. The number of hydrogen-bond acceptors (Lipinski definition) is 6. The lowest BCUT2D eigenvalue weighted by Gasteiger charge is -2.20. The second-order valence-corrected chi connectivity index (χ2v) is 4.59. The van der Waals surface area contributed by atoms with Crippen LogP contribution >= 0.6 is 0 Å². The molecule has 1 saturated heterocycles. The van der Waals surface area contributed by atoms with Crippen molar-refractivity contribution in [1.29, 1.82) is 0 Å². The number of carbonyl (C=O) groups excluding carboxylic acids is 1. The normalized spacial score (nSPS) is 19.3. The summed E-state index contributed by atoms with van der Waals surface area (Å²) in [6, 6.07) is 0.415. The Kier molecular flexibility index (Phi) is 3.73. The Morgan fingerprint density at radius 2 is 2.33 bits per heavy atom. The van der Waals surface area contributed by atoms with Gasteiger partial charge in [0.25, 0.3) is 5.91 Å². The van der Waals surface area contributed by atoms with Crippen molar-refractivity contribution in [3.8, 4) is 0 Å². The summed E-state index contributed by atoms with van der Waals surface area (Å²) in [7, 11) is 4.05. The monoisotopic (exact) mass is 250 g/mol. The third kappa shape index (κ3) is 2.57. The highest BCUT2D eigenvalue weighted by Gasteiger charge is 2.28. The van der Waals surface area contributed by atoms with Gasteiger partial charge in [-0.25, -0.2) is 10.8 Å². The fourth-order valence-electron chi connectivity index (χ4n) is 2.05. The van der Waals surface area contributed by atoms with E-state index in [-0.39, 0.29) is 5.91 Å². The van der Waals surface area contributed by atoms with Gasteiger partial charge in [0.1, 0.15) is 5.69 Å². The van der Waals surface area contributed by atoms with E-state index in [2.05, 4.69) is 20.3 Å². The molecule has 18 heavy (non-hydrogen) atoms. The Morgan fingerprint density at radius 3 is 2.94 bits per heavy atom. The van der Waals surface area contributed by atoms with Gasteiger partial charge in [-0.15, -0.1) is 0 Å². The number of hydrazine groups is 1. The highest BCUT2D eigenvalue weighted by atomic mass is 16.2. The molecule has 1 unspecified atom stereocenters. The fraction of sp³-hybridized carbons (Fsp3) is 0.545. The van der Waals surface area contributed by atoms with Crippen molar-refractivity contribution in [2.45, 2.75) is 12.5 Å². The van der Waals surface area contributed by atoms with Crippen LogP contribution in [0.15, 0.2) is 12.4 Å². The SMILES string of the molecule is CN(C)C1CCN(C(=O)c2cncc(NN)n2)C1. The van der Waals surface area contributed by atoms with Gasteiger partial charge in [-0.3, -0.25) is 9.78 Å². The van der Waals surface area contributed by atoms with E-state index in [0.29, 0.717) is 17.6 Å². The van der Waals surface area contributed by atoms with Crippen LogP contribution < -0.4 is 11.3 Å². The molecule has 2 rings (SSSR count). The van der Waals surface area contributed by atoms with Crippen molar-refractivity contribution < 1.29 is 4.79 Å². The van der Waals surface area contributed by atoms with Crippen molar-refractivity contribution in [3.05, 3.63) is 18.1 Å². The molecule has 1 atom stereocenters. The molecule has 7 heteroatoms. The molecule has 1 aromatic rings. The van der Waals surface area contributed by atoms with Gasteiger partial charge in [-0.2, -0.15) is 0 Å². The molecule has 2 heterocycles. The van der Waals surface area contributed by atoms with E-state index in [1.54, 1.807) is 4.90 Å². The van der Waals surface area contributed by atoms with Crippen LogP contribution in [0.4, 0.5) is 5.82 Å². The molecular weight excluding hydrogens is 232 g/mol. The number of anilines is 1. The largest absolute Gasteiger partial charge is 0.336 e. The number of aromatic nitrogens is 2. The number of nitrogen functional groups attached to an aromatic ring is 1. The highest BCUT2D eigenvalue weighted by molar-refractivity contribution is 5.92. The minimum Gasteiger partial charge on any atom is -0.336 e. The molecule has 0 aliphatic carbocycles. The Morgan fingerprint density at radius 1 is 1.56 bits per heavy atom. The molecule has 0 bridgehead atoms. The van der Waals surface area contributed by atoms with Gasteiger partial charge >= 0.3 is 0 Å². The van der Waals surface area contributed by atoms with Crippen molar-refractivity contribution >= 4 is 11.7 Å². The predicted molar refractivity (Wildman–Crippen MR) is 67.8 cm³/mol. The van der Waals surface area contributed by atoms with Gasteiger partial charge in [0.05, 0.1) is 12.4 Å². The van der Waals surface area contributed by atoms with E-state index in [1.165, 1.54) is 12.4 Å². The molecule has 1 aliphatic heterocycles. The maximum atomic E-state index is 12.2. The summed E-state index contributed by atoms with van der Waals surface area (Å²) in [5.74, 6) is 5.55. The molecular formula is C11H18N6O. The molecule has 0 spiro atoms. The van der Waals surface area contributed by atoms with Crippen LogP contribution in [-0.4, -0.2) is 58.9 Å². The summed E-state index contributed by atoms with van der Waals surface area (Å²) in [5.41, 5.74) is 2.71. The number of hydrogen-bond donors (Lipinski definition) is 2. The summed E-state index contributed by atoms with van der Waals surface area (Å²) in [4.78, 5) is 24.2. The first-order chi connectivity index (χ1) is 8.61. The van der Waals surface area contributed by atoms with E-state index in [4.69, 9.17) is 5.84 Å². The lowest BCUT2D eigenvalue weighted by molar-refractivity contribution is 0.0777. The lowest BCUT2D eigenvalue weighted by atomic mass is 10.2. The van der Waals surface area contributed by atoms with E-state index in [0.717, 1.165) is 19.5 Å². The number of likely N-dealkylation sites (tertiary alicyclic amines) is 1. The van der Waals surface area contributed by atoms with Crippen molar-refractivity contribution in [3.63, 3.8) is 0 Å². The van der Waals surface area contributed by atoms with Gasteiger partial charge in [0, 0.05) is 19.1 Å². The topological polar surface area (TPSA) is 87.4 Å². The molecule has 7 nitrogen and oxygen atoms in total. The minimum absolute atomic E-state index is 0.0936. The Bertz CT molecular complexity index is 435. The van der Waals surface area contributed by atoms with Crippen LogP contribution in [0.5, 0.6) is 0 Å². The van der Waals surface area contributed by atoms with Gasteiger partial charge in [0.2, 0.25) is 0 Å². The van der Waals surface area contributed by atoms with Crippen molar-refractivity contribution in [1.82, 2.24) is 19.8 Å². The number of likely N-dealkylation sites (N-methyl/N-ethyl adjacent to an activating group) is 1. The average Bonchev–Trinajstić information content (AvgIpc) is 2.87. The van der Waals surface area contributed by atoms with Crippen LogP contribution in [0.25, 0.3) is 0 Å². The van der Waals surface area contributed by atoms with Crippen LogP contribution in [0, 0.1) is 0 Å². The molecule has 1 aliphatic rings. The average molecular weight is 250 g/mol. The molecule has 0 aromatic carbocycles. The fourth-order valence-corrected chi connectivity index (χ4v) is 2.05. The molecule has 0 saturated carbocycles. The summed E-state index contributed by atoms with van der Waals surface area (Å²) >= 11 is 0. The maximum absolute atomic E-state index is 12.2. The molecule has 1 fully saturated rings. The highest BCUT2D eigenvalue weighted by Crippen LogP contribution is 2.15. The van der Waals surface area contributed by atoms with E-state index in [9.17, 15) is 4.79 Å². The van der Waals surface area contributed by atoms with Crippen LogP contribution in [0.2, 0.25) is 0 Å². The summed E-state index contributed by atoms with van der Waals surface area (Å²) < 4.78 is 0. The smallest absolute Gasteiger partial charge is 0.274 e. The van der Waals surface area contributed by atoms with Crippen molar-refractivity contribution in [2.75, 3.05) is 32.6 Å². The Hall–Kier alpha value is -1.73. The van der Waals surface area contributed by atoms with Crippen molar-refractivity contribution in [2.24, 2.45) is 5.84 Å². The number of nitrogens with zero attached hydrogens (tertiary/aromatic N) is 4. The van der Waals surface area contributed by atoms with Crippen LogP contribution in [0.1, 0.15) is 16.9 Å². The minimum atomic E-state index is -0.0936. The van der Waals surface area contributed by atoms with Crippen LogP contribution in [-0.2, 0) is 0 Å². The van der Waals surface area contributed by atoms with Gasteiger partial charge < -0.3 is 15.2 Å². The standard InChI is InChI=1S/C11H18N6O/c1-16(2)8-3-4-17(7-8)11(18)9-5-13-6-10(14-9)15-12/h5-6,8H,3-4,7,12H2,1-2H3,(H,14,15). The zero-order valence-corrected chi connectivity index (χ0v) is 10.6. The lowest BCUT2D eigenvalue weighted by Crippen LogP contribution is -2.35. The first-order valence-electron chi connectivity index (χ1n) is 5.86. The Labute approximate surface area is 106 Å². The number of carbonyl (C=O) groups is 1. The molecule has 98 valence electrons. The molecule has 0 radical (unpaired) electrons. The van der Waals surface area contributed by atoms with Crippen LogP contribution in [0.3, 0.4) is 0 Å². The third-order valence-electron chi connectivity index (χ3n) is 3.18. The van der Waals surface area contributed by atoms with Gasteiger partial charge in [0.15, 0.2) is 5.82 Å². The first kappa shape index (κ1) is 12.7. The number of rotatable bonds is 3. The zero-order chi connectivity index (χ0) is 13.1. The summed E-state index contributed by atoms with van der Waals surface area (Å²) in [6.45, 7) is 1.48. The molecule has 3 N–H and O–H groups in total. The summed E-state index contributed by atoms with van der Waals surface area (Å²) in [5, 5.41) is 0. The summed E-state index contributed by atoms with van der Waals surface area (Å²) in [6.07, 6.45) is 3.93. The number of nitrogens with one attached hydrogen (secondary N) is 1. The van der Waals surface area contributed by atoms with E-state index in [1.807, 2.05) is 14.1 Å². The third-order valence-corrected chi connectivity index (χ3v) is 3.18. The molecule has 1 amide bonds.